The fourth-order valence-electron chi connectivity index (χ4n) is 8.92. The van der Waals surface area contributed by atoms with Crippen LogP contribution in [0, 0.1) is 25.7 Å². The molecule has 16 nitrogen and oxygen atoms in total. The van der Waals surface area contributed by atoms with Crippen molar-refractivity contribution in [3.05, 3.63) is 70.1 Å². The van der Waals surface area contributed by atoms with Gasteiger partial charge in [-0.25, -0.2) is 9.97 Å². The third kappa shape index (κ3) is 19.4. The van der Waals surface area contributed by atoms with E-state index < -0.39 is 46.9 Å². The number of benzene rings is 2. The van der Waals surface area contributed by atoms with Crippen LogP contribution in [-0.4, -0.2) is 89.4 Å². The number of halogens is 1. The Morgan fingerprint density at radius 3 is 2.00 bits per heavy atom. The Kier molecular flexibility index (Phi) is 21.2. The van der Waals surface area contributed by atoms with Crippen molar-refractivity contribution in [1.82, 2.24) is 9.97 Å². The number of anilines is 3. The molecule has 17 heteroatoms. The summed E-state index contributed by atoms with van der Waals surface area (Å²) in [6, 6.07) is 10.1. The van der Waals surface area contributed by atoms with E-state index in [0.717, 1.165) is 47.5 Å². The molecule has 0 bridgehead atoms. The second-order valence-electron chi connectivity index (χ2n) is 21.0. The average molecular weight is 1010 g/mol. The molecular formula is C54H75ClN4O12. The van der Waals surface area contributed by atoms with Crippen molar-refractivity contribution >= 4 is 64.6 Å². The monoisotopic (exact) mass is 1010 g/mol. The van der Waals surface area contributed by atoms with E-state index in [1.165, 1.54) is 20.0 Å². The number of esters is 6. The van der Waals surface area contributed by atoms with Crippen LogP contribution < -0.4 is 15.0 Å². The Morgan fingerprint density at radius 1 is 0.789 bits per heavy atom. The average Bonchev–Trinajstić information content (AvgIpc) is 3.23. The first-order chi connectivity index (χ1) is 33.2. The van der Waals surface area contributed by atoms with Gasteiger partial charge in [0.1, 0.15) is 41.6 Å². The molecule has 1 heterocycles. The van der Waals surface area contributed by atoms with Crippen LogP contribution in [-0.2, 0) is 57.9 Å². The predicted molar refractivity (Wildman–Crippen MR) is 271 cm³/mol. The lowest BCUT2D eigenvalue weighted by molar-refractivity contribution is -0.166. The van der Waals surface area contributed by atoms with Gasteiger partial charge in [0.15, 0.2) is 6.10 Å². The second kappa shape index (κ2) is 26.1. The fourth-order valence-corrected chi connectivity index (χ4v) is 9.02. The summed E-state index contributed by atoms with van der Waals surface area (Å²) in [6.45, 7) is 23.9. The summed E-state index contributed by atoms with van der Waals surface area (Å²) in [5, 5.41) is 3.76. The normalized spacial score (nSPS) is 15.8. The molecule has 0 radical (unpaired) electrons. The van der Waals surface area contributed by atoms with E-state index in [2.05, 4.69) is 52.2 Å². The van der Waals surface area contributed by atoms with E-state index in [-0.39, 0.29) is 74.1 Å². The maximum Gasteiger partial charge on any atom is 0.311 e. The number of carbonyl (C=O) groups is 6. The Hall–Kier alpha value is -5.77. The second-order valence-corrected chi connectivity index (χ2v) is 21.4. The molecule has 0 amide bonds. The molecule has 0 aliphatic heterocycles. The van der Waals surface area contributed by atoms with Crippen molar-refractivity contribution in [3.8, 4) is 5.75 Å². The van der Waals surface area contributed by atoms with Crippen molar-refractivity contribution in [2.75, 3.05) is 30.0 Å². The molecule has 4 rings (SSSR count). The molecule has 390 valence electrons. The van der Waals surface area contributed by atoms with Crippen LogP contribution in [0.2, 0.25) is 5.15 Å². The third-order valence-corrected chi connectivity index (χ3v) is 12.0. The van der Waals surface area contributed by atoms with E-state index >= 15 is 0 Å². The van der Waals surface area contributed by atoms with Gasteiger partial charge in [0.2, 0.25) is 0 Å². The predicted octanol–water partition coefficient (Wildman–Crippen LogP) is 10.4. The standard InChI is InChI=1S/C54H75ClN4O12/c1-32(2)29-59(44-19-14-39(35(5)24-50(64)71-53(9,10)11)25-43(44)58-47-28-56-46(55)27-57-47)40-15-17-41(18-16-40)68-51(65)26-54(12,13)52-36(6)20-33(3)21-45(52)70-49(63)23-34(4)22-48(62)69-42(30-66-37(7)60)31-67-38(8)61/h14,19-21,25,27-28,32,34-35,40-42H,15-18,22-24,26,29-31H2,1-13H3,(H,57,58)/t34?,35-,40?,41?/m1/s1. The minimum atomic E-state index is -1.00. The van der Waals surface area contributed by atoms with E-state index in [1.807, 2.05) is 61.5 Å². The zero-order valence-corrected chi connectivity index (χ0v) is 44.7. The lowest BCUT2D eigenvalue weighted by atomic mass is 9.78. The van der Waals surface area contributed by atoms with Crippen molar-refractivity contribution < 1.29 is 57.2 Å². The molecule has 2 aromatic carbocycles. The molecule has 1 aliphatic carbocycles. The molecule has 2 atom stereocenters. The number of hydrogen-bond donors (Lipinski definition) is 1. The van der Waals surface area contributed by atoms with Gasteiger partial charge >= 0.3 is 35.8 Å². The topological polar surface area (TPSA) is 199 Å². The minimum absolute atomic E-state index is 0.0340. The van der Waals surface area contributed by atoms with Crippen LogP contribution >= 0.6 is 11.6 Å². The number of nitrogens with one attached hydrogen (secondary N) is 1. The summed E-state index contributed by atoms with van der Waals surface area (Å²) in [6.07, 6.45) is 4.67. The van der Waals surface area contributed by atoms with Crippen molar-refractivity contribution in [1.29, 1.82) is 0 Å². The first-order valence-electron chi connectivity index (χ1n) is 24.5. The Balaban J connectivity index is 1.43. The summed E-state index contributed by atoms with van der Waals surface area (Å²) in [5.74, 6) is -2.45. The largest absolute Gasteiger partial charge is 0.462 e. The first-order valence-corrected chi connectivity index (χ1v) is 24.9. The van der Waals surface area contributed by atoms with Crippen molar-refractivity contribution in [2.45, 2.75) is 177 Å². The number of hydrogen-bond acceptors (Lipinski definition) is 16. The highest BCUT2D eigenvalue weighted by molar-refractivity contribution is 6.29. The van der Waals surface area contributed by atoms with Gasteiger partial charge in [-0.1, -0.05) is 65.3 Å². The molecule has 1 fully saturated rings. The van der Waals surface area contributed by atoms with Crippen molar-refractivity contribution in [2.24, 2.45) is 11.8 Å². The molecule has 0 spiro atoms. The molecular weight excluding hydrogens is 932 g/mol. The van der Waals surface area contributed by atoms with Gasteiger partial charge in [0.25, 0.3) is 0 Å². The number of ether oxygens (including phenoxy) is 6. The maximum atomic E-state index is 13.8. The SMILES string of the molecule is CC(=O)OCC(COC(C)=O)OC(=O)CC(C)CC(=O)Oc1cc(C)cc(C)c1C(C)(C)CC(=O)OC1CCC(N(CC(C)C)c2ccc([C@H](C)CC(=O)OC(C)(C)C)cc2Nc2cnc(Cl)cn2)CC1. The van der Waals surface area contributed by atoms with E-state index in [1.54, 1.807) is 19.2 Å². The summed E-state index contributed by atoms with van der Waals surface area (Å²) in [4.78, 5) is 86.6. The van der Waals surface area contributed by atoms with Crippen LogP contribution in [0.15, 0.2) is 42.7 Å². The molecule has 3 aromatic rings. The molecule has 1 aliphatic rings. The smallest absolute Gasteiger partial charge is 0.311 e. The van der Waals surface area contributed by atoms with Gasteiger partial charge in [-0.15, -0.1) is 0 Å². The van der Waals surface area contributed by atoms with Crippen molar-refractivity contribution in [3.63, 3.8) is 0 Å². The molecule has 1 N–H and O–H groups in total. The van der Waals surface area contributed by atoms with Crippen LogP contribution in [0.4, 0.5) is 17.2 Å². The maximum absolute atomic E-state index is 13.8. The Bertz CT molecular complexity index is 2300. The summed E-state index contributed by atoms with van der Waals surface area (Å²) >= 11 is 6.08. The summed E-state index contributed by atoms with van der Waals surface area (Å²) in [5.41, 5.74) is 3.80. The highest BCUT2D eigenvalue weighted by atomic mass is 35.5. The molecule has 0 saturated heterocycles. The van der Waals surface area contributed by atoms with Gasteiger partial charge < -0.3 is 38.6 Å². The Labute approximate surface area is 424 Å². The van der Waals surface area contributed by atoms with Crippen LogP contribution in [0.5, 0.6) is 5.75 Å². The highest BCUT2D eigenvalue weighted by Crippen LogP contribution is 2.41. The van der Waals surface area contributed by atoms with Gasteiger partial charge in [-0.05, 0) is 113 Å². The zero-order valence-electron chi connectivity index (χ0n) is 43.9. The Morgan fingerprint density at radius 2 is 1.42 bits per heavy atom. The summed E-state index contributed by atoms with van der Waals surface area (Å²) in [7, 11) is 0. The lowest BCUT2D eigenvalue weighted by Crippen LogP contribution is -2.42. The molecule has 71 heavy (non-hydrogen) atoms. The van der Waals surface area contributed by atoms with E-state index in [0.29, 0.717) is 35.9 Å². The quantitative estimate of drug-likeness (QED) is 0.0534. The zero-order chi connectivity index (χ0) is 52.8. The summed E-state index contributed by atoms with van der Waals surface area (Å²) < 4.78 is 33.1. The van der Waals surface area contributed by atoms with Crippen LogP contribution in [0.3, 0.4) is 0 Å². The minimum Gasteiger partial charge on any atom is -0.462 e. The van der Waals surface area contributed by atoms with Gasteiger partial charge in [0.05, 0.1) is 36.6 Å². The number of rotatable bonds is 23. The van der Waals surface area contributed by atoms with Crippen LogP contribution in [0.1, 0.15) is 156 Å². The number of nitrogens with zero attached hydrogens (tertiary/aromatic N) is 3. The third-order valence-electron chi connectivity index (χ3n) is 11.8. The van der Waals surface area contributed by atoms with Crippen LogP contribution in [0.25, 0.3) is 0 Å². The van der Waals surface area contributed by atoms with E-state index in [4.69, 9.17) is 40.0 Å². The number of aryl methyl sites for hydroxylation is 2. The first kappa shape index (κ1) is 57.8. The van der Waals surface area contributed by atoms with Gasteiger partial charge in [-0.2, -0.15) is 0 Å². The fraction of sp³-hybridized carbons (Fsp3) is 0.593. The highest BCUT2D eigenvalue weighted by Gasteiger charge is 2.35. The van der Waals surface area contributed by atoms with E-state index in [9.17, 15) is 28.8 Å². The molecule has 1 aromatic heterocycles. The molecule has 1 unspecified atom stereocenters. The molecule has 1 saturated carbocycles. The number of aromatic nitrogens is 2. The van der Waals surface area contributed by atoms with Gasteiger partial charge in [-0.3, -0.25) is 28.8 Å². The lowest BCUT2D eigenvalue weighted by Gasteiger charge is -2.40. The number of carbonyl (C=O) groups excluding carboxylic acids is 6. The van der Waals surface area contributed by atoms with Gasteiger partial charge in [0, 0.05) is 50.3 Å².